The second-order valence-electron chi connectivity index (χ2n) is 6.01. The second kappa shape index (κ2) is 7.96. The molecule has 0 heterocycles. The molecule has 0 spiro atoms. The van der Waals surface area contributed by atoms with Gasteiger partial charge in [0, 0.05) is 18.3 Å². The van der Waals surface area contributed by atoms with Gasteiger partial charge >= 0.3 is 0 Å². The lowest BCUT2D eigenvalue weighted by Crippen LogP contribution is -2.31. The van der Waals surface area contributed by atoms with Gasteiger partial charge in [-0.15, -0.1) is 0 Å². The Hall–Kier alpha value is 0.660. The molecule has 0 unspecified atom stereocenters. The zero-order valence-corrected chi connectivity index (χ0v) is 13.8. The van der Waals surface area contributed by atoms with Crippen molar-refractivity contribution in [2.24, 2.45) is 0 Å². The van der Waals surface area contributed by atoms with Gasteiger partial charge in [0.15, 0.2) is 0 Å². The lowest BCUT2D eigenvalue weighted by molar-refractivity contribution is 0.281. The quantitative estimate of drug-likeness (QED) is 0.502. The summed E-state index contributed by atoms with van der Waals surface area (Å²) in [4.78, 5) is 0. The van der Waals surface area contributed by atoms with E-state index in [1.165, 1.54) is 56.6 Å². The average Bonchev–Trinajstić information content (AvgIpc) is 2.29. The van der Waals surface area contributed by atoms with Crippen molar-refractivity contribution in [3.05, 3.63) is 0 Å². The van der Waals surface area contributed by atoms with Crippen LogP contribution in [-0.4, -0.2) is 47.2 Å². The Morgan fingerprint density at radius 3 is 2.29 bits per heavy atom. The molecular weight excluding hydrogens is 246 g/mol. The monoisotopic (exact) mass is 277 g/mol. The summed E-state index contributed by atoms with van der Waals surface area (Å²) in [5.41, 5.74) is 0. The lowest BCUT2D eigenvalue weighted by Gasteiger charge is -2.33. The normalized spacial score (nSPS) is 19.8. The van der Waals surface area contributed by atoms with Crippen LogP contribution in [0.2, 0.25) is 0 Å². The summed E-state index contributed by atoms with van der Waals surface area (Å²) in [7, 11) is -0.286. The van der Waals surface area contributed by atoms with Gasteiger partial charge in [0.25, 0.3) is 0 Å². The van der Waals surface area contributed by atoms with E-state index in [0.717, 1.165) is 6.04 Å². The molecule has 0 bridgehead atoms. The third-order valence-electron chi connectivity index (χ3n) is 3.45. The van der Waals surface area contributed by atoms with Crippen LogP contribution in [0.25, 0.3) is 0 Å². The van der Waals surface area contributed by atoms with Gasteiger partial charge in [0.2, 0.25) is 0 Å². The highest BCUT2D eigenvalue weighted by molar-refractivity contribution is 8.32. The van der Waals surface area contributed by atoms with Crippen LogP contribution in [-0.2, 0) is 0 Å². The molecular formula is C14H31NS2. The molecule has 0 N–H and O–H groups in total. The van der Waals surface area contributed by atoms with Gasteiger partial charge in [-0.05, 0) is 43.8 Å². The largest absolute Gasteiger partial charge is 0.250 e. The van der Waals surface area contributed by atoms with Crippen molar-refractivity contribution in [2.45, 2.75) is 51.5 Å². The van der Waals surface area contributed by atoms with Crippen LogP contribution in [0, 0.1) is 0 Å². The van der Waals surface area contributed by atoms with Crippen LogP contribution >= 0.6 is 22.0 Å². The molecule has 0 atom stereocenters. The Balaban J connectivity index is 2.18. The molecule has 1 fully saturated rings. The van der Waals surface area contributed by atoms with Crippen molar-refractivity contribution in [1.82, 2.24) is 4.31 Å². The zero-order chi connectivity index (χ0) is 12.7. The van der Waals surface area contributed by atoms with Gasteiger partial charge in [-0.25, -0.2) is 14.3 Å². The first-order chi connectivity index (χ1) is 8.03. The standard InChI is InChI=1S/C14H31NS2/c1-5-15(14-10-7-6-8-11-14)16-12-9-13-17(2,3)4/h14H,5-13H2,1-4H3. The van der Waals surface area contributed by atoms with E-state index in [1.54, 1.807) is 0 Å². The molecule has 0 amide bonds. The Kier molecular flexibility index (Phi) is 7.36. The molecule has 0 aromatic rings. The summed E-state index contributed by atoms with van der Waals surface area (Å²) < 4.78 is 2.66. The topological polar surface area (TPSA) is 3.24 Å². The predicted octanol–water partition coefficient (Wildman–Crippen LogP) is 4.37. The summed E-state index contributed by atoms with van der Waals surface area (Å²) in [6, 6.07) is 0.876. The molecule has 0 aliphatic heterocycles. The number of hydrogen-bond acceptors (Lipinski definition) is 2. The van der Waals surface area contributed by atoms with Crippen LogP contribution in [0.5, 0.6) is 0 Å². The number of nitrogens with zero attached hydrogens (tertiary/aromatic N) is 1. The fraction of sp³-hybridized carbons (Fsp3) is 1.00. The highest BCUT2D eigenvalue weighted by Gasteiger charge is 2.20. The van der Waals surface area contributed by atoms with Gasteiger partial charge in [-0.2, -0.15) is 0 Å². The van der Waals surface area contributed by atoms with Gasteiger partial charge in [0.05, 0.1) is 0 Å². The molecule has 3 heteroatoms. The van der Waals surface area contributed by atoms with Crippen LogP contribution in [0.3, 0.4) is 0 Å². The Bertz CT molecular complexity index is 195. The van der Waals surface area contributed by atoms with Gasteiger partial charge in [-0.3, -0.25) is 0 Å². The van der Waals surface area contributed by atoms with Gasteiger partial charge in [0.1, 0.15) is 0 Å². The van der Waals surface area contributed by atoms with Crippen molar-refractivity contribution in [3.8, 4) is 0 Å². The van der Waals surface area contributed by atoms with E-state index >= 15 is 0 Å². The first kappa shape index (κ1) is 15.7. The second-order valence-corrected chi connectivity index (χ2v) is 11.7. The average molecular weight is 278 g/mol. The van der Waals surface area contributed by atoms with E-state index in [-0.39, 0.29) is 10.0 Å². The van der Waals surface area contributed by atoms with E-state index < -0.39 is 0 Å². The van der Waals surface area contributed by atoms with E-state index in [0.29, 0.717) is 0 Å². The molecule has 104 valence electrons. The van der Waals surface area contributed by atoms with Gasteiger partial charge in [-0.1, -0.05) is 38.1 Å². The molecule has 1 nitrogen and oxygen atoms in total. The highest BCUT2D eigenvalue weighted by atomic mass is 32.3. The maximum Gasteiger partial charge on any atom is 0.0202 e. The summed E-state index contributed by atoms with van der Waals surface area (Å²) in [6.07, 6.45) is 15.9. The van der Waals surface area contributed by atoms with Crippen molar-refractivity contribution >= 4 is 22.0 Å². The maximum atomic E-state index is 2.66. The summed E-state index contributed by atoms with van der Waals surface area (Å²) in [6.45, 7) is 3.54. The van der Waals surface area contributed by atoms with Crippen LogP contribution in [0.1, 0.15) is 45.4 Å². The fourth-order valence-electron chi connectivity index (χ4n) is 2.50. The van der Waals surface area contributed by atoms with E-state index in [9.17, 15) is 0 Å². The number of rotatable bonds is 7. The molecule has 17 heavy (non-hydrogen) atoms. The first-order valence-corrected chi connectivity index (χ1v) is 11.1. The third kappa shape index (κ3) is 6.97. The molecule has 0 aromatic carbocycles. The van der Waals surface area contributed by atoms with Crippen LogP contribution < -0.4 is 0 Å². The fourth-order valence-corrected chi connectivity index (χ4v) is 4.80. The third-order valence-corrected chi connectivity index (χ3v) is 6.32. The lowest BCUT2D eigenvalue weighted by atomic mass is 9.95. The molecule has 1 aliphatic carbocycles. The predicted molar refractivity (Wildman–Crippen MR) is 86.6 cm³/mol. The molecule has 1 saturated carbocycles. The summed E-state index contributed by atoms with van der Waals surface area (Å²) >= 11 is 2.12. The SMILES string of the molecule is CCN(SCCCS(C)(C)C)C1CCCCC1. The smallest absolute Gasteiger partial charge is 0.0202 e. The Labute approximate surface area is 115 Å². The molecule has 1 aliphatic rings. The maximum absolute atomic E-state index is 2.66. The Morgan fingerprint density at radius 2 is 1.76 bits per heavy atom. The number of hydrogen-bond donors (Lipinski definition) is 0. The molecule has 1 rings (SSSR count). The molecule has 0 aromatic heterocycles. The van der Waals surface area contributed by atoms with Crippen molar-refractivity contribution < 1.29 is 0 Å². The summed E-state index contributed by atoms with van der Waals surface area (Å²) in [5, 5.41) is 0. The van der Waals surface area contributed by atoms with Crippen LogP contribution in [0.15, 0.2) is 0 Å². The minimum atomic E-state index is -0.286. The Morgan fingerprint density at radius 1 is 1.12 bits per heavy atom. The zero-order valence-electron chi connectivity index (χ0n) is 12.2. The summed E-state index contributed by atoms with van der Waals surface area (Å²) in [5.74, 6) is 2.76. The van der Waals surface area contributed by atoms with Gasteiger partial charge < -0.3 is 0 Å². The molecule has 0 saturated heterocycles. The highest BCUT2D eigenvalue weighted by Crippen LogP contribution is 2.36. The van der Waals surface area contributed by atoms with Crippen molar-refractivity contribution in [1.29, 1.82) is 0 Å². The van der Waals surface area contributed by atoms with E-state index in [1.807, 2.05) is 0 Å². The minimum Gasteiger partial charge on any atom is -0.250 e. The van der Waals surface area contributed by atoms with E-state index in [2.05, 4.69) is 41.9 Å². The van der Waals surface area contributed by atoms with E-state index in [4.69, 9.17) is 0 Å². The minimum absolute atomic E-state index is 0.286. The first-order valence-electron chi connectivity index (χ1n) is 7.08. The molecule has 0 radical (unpaired) electrons. The van der Waals surface area contributed by atoms with Crippen LogP contribution in [0.4, 0.5) is 0 Å². The van der Waals surface area contributed by atoms with Crippen molar-refractivity contribution in [3.63, 3.8) is 0 Å². The van der Waals surface area contributed by atoms with Crippen molar-refractivity contribution in [2.75, 3.05) is 36.8 Å².